The van der Waals surface area contributed by atoms with Crippen molar-refractivity contribution >= 4 is 17.5 Å². The van der Waals surface area contributed by atoms with Gasteiger partial charge in [0.25, 0.3) is 11.8 Å². The highest BCUT2D eigenvalue weighted by Crippen LogP contribution is 2.33. The number of carbonyl (C=O) groups excluding carboxylic acids is 2. The molecule has 2 atom stereocenters. The molecule has 6 nitrogen and oxygen atoms in total. The molecule has 0 fully saturated rings. The number of ether oxygens (including phenoxy) is 2. The fourth-order valence-electron chi connectivity index (χ4n) is 4.00. The molecule has 4 rings (SSSR count). The maximum Gasteiger partial charge on any atom is 0.264 e. The van der Waals surface area contributed by atoms with Crippen LogP contribution in [0.4, 0.5) is 10.1 Å². The standard InChI is InChI=1S/C27H27FN2O4/c1-4-24-27(32)30(17(2)18-5-9-21(28)10-6-18)16-20-15-22(11-14-25(20)34-24)29-26(31)19-7-12-23(33-3)13-8-19/h5-15,17,24H,4,16H2,1-3H3,(H,29,31). The van der Waals surface area contributed by atoms with Crippen LogP contribution in [0.15, 0.2) is 66.7 Å². The Morgan fingerprint density at radius 2 is 1.85 bits per heavy atom. The summed E-state index contributed by atoms with van der Waals surface area (Å²) in [5.41, 5.74) is 2.71. The second kappa shape index (κ2) is 9.95. The number of fused-ring (bicyclic) bond motifs is 1. The molecule has 7 heteroatoms. The fourth-order valence-corrected chi connectivity index (χ4v) is 4.00. The van der Waals surface area contributed by atoms with Crippen LogP contribution < -0.4 is 14.8 Å². The summed E-state index contributed by atoms with van der Waals surface area (Å²) < 4.78 is 24.6. The molecule has 3 aromatic carbocycles. The number of methoxy groups -OCH3 is 1. The lowest BCUT2D eigenvalue weighted by atomic mass is 10.0. The Balaban J connectivity index is 1.60. The molecule has 0 saturated heterocycles. The van der Waals surface area contributed by atoms with E-state index >= 15 is 0 Å². The number of nitrogens with zero attached hydrogens (tertiary/aromatic N) is 1. The molecule has 0 aromatic heterocycles. The quantitative estimate of drug-likeness (QED) is 0.536. The van der Waals surface area contributed by atoms with Crippen molar-refractivity contribution in [3.05, 3.63) is 89.2 Å². The Kier molecular flexibility index (Phi) is 6.82. The zero-order valence-corrected chi connectivity index (χ0v) is 19.4. The molecule has 176 valence electrons. The SMILES string of the molecule is CCC1Oc2ccc(NC(=O)c3ccc(OC)cc3)cc2CN(C(C)c2ccc(F)cc2)C1=O. The summed E-state index contributed by atoms with van der Waals surface area (Å²) in [4.78, 5) is 27.7. The van der Waals surface area contributed by atoms with E-state index in [2.05, 4.69) is 5.32 Å². The number of rotatable bonds is 6. The van der Waals surface area contributed by atoms with Gasteiger partial charge in [0.1, 0.15) is 17.3 Å². The van der Waals surface area contributed by atoms with Crippen molar-refractivity contribution in [3.8, 4) is 11.5 Å². The number of benzene rings is 3. The fraction of sp³-hybridized carbons (Fsp3) is 0.259. The summed E-state index contributed by atoms with van der Waals surface area (Å²) in [5.74, 6) is 0.576. The molecule has 2 unspecified atom stereocenters. The third-order valence-corrected chi connectivity index (χ3v) is 6.03. The molecular formula is C27H27FN2O4. The minimum Gasteiger partial charge on any atom is -0.497 e. The molecule has 0 bridgehead atoms. The number of amides is 2. The third-order valence-electron chi connectivity index (χ3n) is 6.03. The van der Waals surface area contributed by atoms with Gasteiger partial charge in [-0.3, -0.25) is 9.59 Å². The van der Waals surface area contributed by atoms with Crippen molar-refractivity contribution in [1.82, 2.24) is 4.90 Å². The maximum absolute atomic E-state index is 13.4. The maximum atomic E-state index is 13.4. The van der Waals surface area contributed by atoms with E-state index in [4.69, 9.17) is 9.47 Å². The molecule has 0 radical (unpaired) electrons. The van der Waals surface area contributed by atoms with Crippen LogP contribution >= 0.6 is 0 Å². The molecule has 0 aliphatic carbocycles. The van der Waals surface area contributed by atoms with E-state index in [0.717, 1.165) is 11.1 Å². The van der Waals surface area contributed by atoms with Gasteiger partial charge in [0.2, 0.25) is 0 Å². The number of hydrogen-bond donors (Lipinski definition) is 1. The van der Waals surface area contributed by atoms with Crippen LogP contribution in [-0.4, -0.2) is 29.9 Å². The summed E-state index contributed by atoms with van der Waals surface area (Å²) in [6.07, 6.45) is -0.107. The van der Waals surface area contributed by atoms with E-state index in [9.17, 15) is 14.0 Å². The number of hydrogen-bond acceptors (Lipinski definition) is 4. The zero-order chi connectivity index (χ0) is 24.2. The zero-order valence-electron chi connectivity index (χ0n) is 19.4. The van der Waals surface area contributed by atoms with Crippen molar-refractivity contribution in [2.24, 2.45) is 0 Å². The average molecular weight is 463 g/mol. The molecule has 1 aliphatic heterocycles. The van der Waals surface area contributed by atoms with Crippen molar-refractivity contribution in [2.75, 3.05) is 12.4 Å². The minimum atomic E-state index is -0.621. The third kappa shape index (κ3) is 4.88. The topological polar surface area (TPSA) is 67.9 Å². The Morgan fingerprint density at radius 3 is 2.50 bits per heavy atom. The van der Waals surface area contributed by atoms with Gasteiger partial charge >= 0.3 is 0 Å². The molecule has 0 saturated carbocycles. The van der Waals surface area contributed by atoms with Crippen LogP contribution in [0.2, 0.25) is 0 Å². The molecule has 3 aromatic rings. The van der Waals surface area contributed by atoms with Crippen LogP contribution in [0, 0.1) is 5.82 Å². The predicted octanol–water partition coefficient (Wildman–Crippen LogP) is 5.35. The number of anilines is 1. The van der Waals surface area contributed by atoms with Crippen molar-refractivity contribution in [3.63, 3.8) is 0 Å². The van der Waals surface area contributed by atoms with Crippen molar-refractivity contribution in [2.45, 2.75) is 39.0 Å². The van der Waals surface area contributed by atoms with E-state index in [1.807, 2.05) is 19.9 Å². The normalized spacial score (nSPS) is 16.2. The Morgan fingerprint density at radius 1 is 1.15 bits per heavy atom. The van der Waals surface area contributed by atoms with Crippen LogP contribution in [0.25, 0.3) is 0 Å². The molecular weight excluding hydrogens is 435 g/mol. The predicted molar refractivity (Wildman–Crippen MR) is 127 cm³/mol. The first-order valence-corrected chi connectivity index (χ1v) is 11.2. The lowest BCUT2D eigenvalue weighted by Gasteiger charge is -2.30. The van der Waals surface area contributed by atoms with Crippen molar-refractivity contribution < 1.29 is 23.5 Å². The van der Waals surface area contributed by atoms with Crippen LogP contribution in [-0.2, 0) is 11.3 Å². The number of nitrogens with one attached hydrogen (secondary N) is 1. The molecule has 1 aliphatic rings. The molecule has 34 heavy (non-hydrogen) atoms. The lowest BCUT2D eigenvalue weighted by Crippen LogP contribution is -2.40. The highest BCUT2D eigenvalue weighted by molar-refractivity contribution is 6.04. The molecule has 2 amide bonds. The Hall–Kier alpha value is -3.87. The number of carbonyl (C=O) groups is 2. The first-order valence-electron chi connectivity index (χ1n) is 11.2. The first-order chi connectivity index (χ1) is 16.4. The van der Waals surface area contributed by atoms with Gasteiger partial charge in [0.05, 0.1) is 19.7 Å². The summed E-state index contributed by atoms with van der Waals surface area (Å²) in [6, 6.07) is 18.1. The average Bonchev–Trinajstić information content (AvgIpc) is 3.00. The Bertz CT molecular complexity index is 1180. The van der Waals surface area contributed by atoms with Gasteiger partial charge in [-0.15, -0.1) is 0 Å². The van der Waals surface area contributed by atoms with E-state index in [1.165, 1.54) is 12.1 Å². The molecule has 1 N–H and O–H groups in total. The van der Waals surface area contributed by atoms with E-state index in [1.54, 1.807) is 60.5 Å². The van der Waals surface area contributed by atoms with Crippen LogP contribution in [0.1, 0.15) is 47.8 Å². The highest BCUT2D eigenvalue weighted by atomic mass is 19.1. The smallest absolute Gasteiger partial charge is 0.264 e. The summed E-state index contributed by atoms with van der Waals surface area (Å²) >= 11 is 0. The van der Waals surface area contributed by atoms with Crippen molar-refractivity contribution in [1.29, 1.82) is 0 Å². The van der Waals surface area contributed by atoms with E-state index in [-0.39, 0.29) is 23.7 Å². The van der Waals surface area contributed by atoms with Gasteiger partial charge in [-0.25, -0.2) is 4.39 Å². The summed E-state index contributed by atoms with van der Waals surface area (Å²) in [6.45, 7) is 4.12. The van der Waals surface area contributed by atoms with Gasteiger partial charge in [0.15, 0.2) is 6.10 Å². The second-order valence-corrected chi connectivity index (χ2v) is 8.21. The second-order valence-electron chi connectivity index (χ2n) is 8.21. The number of halogens is 1. The van der Waals surface area contributed by atoms with Crippen LogP contribution in [0.5, 0.6) is 11.5 Å². The van der Waals surface area contributed by atoms with Gasteiger partial charge < -0.3 is 19.7 Å². The highest BCUT2D eigenvalue weighted by Gasteiger charge is 2.33. The van der Waals surface area contributed by atoms with E-state index < -0.39 is 6.10 Å². The monoisotopic (exact) mass is 462 g/mol. The van der Waals surface area contributed by atoms with Gasteiger partial charge in [-0.05, 0) is 73.5 Å². The van der Waals surface area contributed by atoms with Gasteiger partial charge in [-0.2, -0.15) is 0 Å². The van der Waals surface area contributed by atoms with Gasteiger partial charge in [0, 0.05) is 16.8 Å². The Labute approximate surface area is 198 Å². The summed E-state index contributed by atoms with van der Waals surface area (Å²) in [5, 5.41) is 2.90. The van der Waals surface area contributed by atoms with Crippen LogP contribution in [0.3, 0.4) is 0 Å². The minimum absolute atomic E-state index is 0.126. The molecule has 0 spiro atoms. The largest absolute Gasteiger partial charge is 0.497 e. The van der Waals surface area contributed by atoms with Gasteiger partial charge in [-0.1, -0.05) is 19.1 Å². The lowest BCUT2D eigenvalue weighted by molar-refractivity contribution is -0.140. The first kappa shape index (κ1) is 23.3. The summed E-state index contributed by atoms with van der Waals surface area (Å²) in [7, 11) is 1.57. The molecule has 1 heterocycles. The van der Waals surface area contributed by atoms with E-state index in [0.29, 0.717) is 35.7 Å².